The average Bonchev–Trinajstić information content (AvgIpc) is 2.53. The van der Waals surface area contributed by atoms with E-state index in [1.54, 1.807) is 6.55 Å². The largest absolute Gasteiger partial charge is 0.439 e. The standard InChI is InChI=1S/C19H42F3NO4Si3/c1-16(2)12-10-9-11-13-25-30(8,15-23-18(24)14-19(20,21)22)27-29(6,7)26-28(5)17(3)4/h16-17,28H,9-15H2,1-8H3,(H,23,24). The second-order valence-corrected chi connectivity index (χ2v) is 19.6. The molecule has 0 aliphatic rings. The maximum absolute atomic E-state index is 12.5. The minimum atomic E-state index is -4.53. The van der Waals surface area contributed by atoms with Crippen molar-refractivity contribution in [1.29, 1.82) is 0 Å². The Morgan fingerprint density at radius 3 is 2.17 bits per heavy atom. The van der Waals surface area contributed by atoms with Gasteiger partial charge in [0.25, 0.3) is 0 Å². The number of amides is 1. The van der Waals surface area contributed by atoms with Crippen LogP contribution in [-0.4, -0.2) is 51.0 Å². The SMILES string of the molecule is CC(C)CCCCCO[Si](C)(CNC(=O)CC(F)(F)F)O[Si](C)(C)O[SiH](C)C(C)C. The van der Waals surface area contributed by atoms with Gasteiger partial charge in [-0.2, -0.15) is 13.2 Å². The summed E-state index contributed by atoms with van der Waals surface area (Å²) in [6.07, 6.45) is -1.90. The summed E-state index contributed by atoms with van der Waals surface area (Å²) >= 11 is 0. The van der Waals surface area contributed by atoms with Crippen molar-refractivity contribution in [2.75, 3.05) is 12.8 Å². The van der Waals surface area contributed by atoms with Crippen LogP contribution in [0.1, 0.15) is 59.8 Å². The molecule has 1 N–H and O–H groups in total. The molecule has 0 saturated carbocycles. The number of unbranched alkanes of at least 4 members (excludes halogenated alkanes) is 2. The zero-order chi connectivity index (χ0) is 23.6. The number of rotatable bonds is 15. The summed E-state index contributed by atoms with van der Waals surface area (Å²) in [4.78, 5) is 11.7. The maximum Gasteiger partial charge on any atom is 0.397 e. The molecule has 5 nitrogen and oxygen atoms in total. The lowest BCUT2D eigenvalue weighted by Crippen LogP contribution is -2.58. The first-order valence-corrected chi connectivity index (χ1v) is 18.5. The number of nitrogens with one attached hydrogen (secondary N) is 1. The third-order valence-corrected chi connectivity index (χ3v) is 15.6. The number of halogens is 3. The van der Waals surface area contributed by atoms with Crippen LogP contribution in [0.3, 0.4) is 0 Å². The van der Waals surface area contributed by atoms with Gasteiger partial charge in [-0.25, -0.2) is 0 Å². The van der Waals surface area contributed by atoms with Crippen molar-refractivity contribution in [3.05, 3.63) is 0 Å². The van der Waals surface area contributed by atoms with Crippen molar-refractivity contribution in [2.24, 2.45) is 5.92 Å². The first-order chi connectivity index (χ1) is 13.6. The highest BCUT2D eigenvalue weighted by atomic mass is 28.5. The molecule has 0 aliphatic carbocycles. The molecule has 1 amide bonds. The molecule has 0 spiro atoms. The van der Waals surface area contributed by atoms with Crippen molar-refractivity contribution < 1.29 is 30.6 Å². The molecule has 0 aromatic carbocycles. The number of carbonyl (C=O) groups excluding carboxylic acids is 1. The van der Waals surface area contributed by atoms with Crippen LogP contribution >= 0.6 is 0 Å². The Hall–Kier alpha value is -0.209. The van der Waals surface area contributed by atoms with E-state index in [-0.39, 0.29) is 6.17 Å². The lowest BCUT2D eigenvalue weighted by atomic mass is 10.1. The van der Waals surface area contributed by atoms with Crippen LogP contribution in [0.5, 0.6) is 0 Å². The van der Waals surface area contributed by atoms with Gasteiger partial charge in [0.05, 0.1) is 6.17 Å². The van der Waals surface area contributed by atoms with Crippen LogP contribution in [0.15, 0.2) is 0 Å². The fourth-order valence-electron chi connectivity index (χ4n) is 2.87. The normalized spacial score (nSPS) is 16.0. The van der Waals surface area contributed by atoms with Crippen molar-refractivity contribution in [3.8, 4) is 0 Å². The predicted octanol–water partition coefficient (Wildman–Crippen LogP) is 5.40. The summed E-state index contributed by atoms with van der Waals surface area (Å²) in [5, 5.41) is 2.38. The number of carbonyl (C=O) groups is 1. The van der Waals surface area contributed by atoms with Gasteiger partial charge in [-0.05, 0) is 44.1 Å². The van der Waals surface area contributed by atoms with E-state index in [1.807, 2.05) is 13.1 Å². The monoisotopic (exact) mass is 489 g/mol. The topological polar surface area (TPSA) is 56.8 Å². The third kappa shape index (κ3) is 15.6. The molecule has 0 heterocycles. The average molecular weight is 490 g/mol. The van der Waals surface area contributed by atoms with Gasteiger partial charge in [0.1, 0.15) is 6.42 Å². The Labute approximate surface area is 184 Å². The van der Waals surface area contributed by atoms with Gasteiger partial charge in [-0.1, -0.05) is 47.0 Å². The fraction of sp³-hybridized carbons (Fsp3) is 0.947. The first kappa shape index (κ1) is 29.8. The van der Waals surface area contributed by atoms with E-state index in [4.69, 9.17) is 12.7 Å². The summed E-state index contributed by atoms with van der Waals surface area (Å²) in [5.41, 5.74) is 0.446. The quantitative estimate of drug-likeness (QED) is 0.247. The molecule has 0 aromatic heterocycles. The maximum atomic E-state index is 12.5. The van der Waals surface area contributed by atoms with Crippen LogP contribution < -0.4 is 5.32 Å². The molecule has 30 heavy (non-hydrogen) atoms. The highest BCUT2D eigenvalue weighted by Crippen LogP contribution is 2.22. The molecular weight excluding hydrogens is 447 g/mol. The van der Waals surface area contributed by atoms with E-state index < -0.39 is 44.7 Å². The van der Waals surface area contributed by atoms with E-state index >= 15 is 0 Å². The molecule has 180 valence electrons. The van der Waals surface area contributed by atoms with Crippen LogP contribution in [0.4, 0.5) is 13.2 Å². The Morgan fingerprint density at radius 2 is 1.67 bits per heavy atom. The van der Waals surface area contributed by atoms with Crippen LogP contribution in [-0.2, 0) is 17.5 Å². The summed E-state index contributed by atoms with van der Waals surface area (Å²) in [6, 6.07) is 0. The molecule has 0 saturated heterocycles. The predicted molar refractivity (Wildman–Crippen MR) is 122 cm³/mol. The third-order valence-electron chi connectivity index (χ3n) is 4.67. The van der Waals surface area contributed by atoms with Gasteiger partial charge in [-0.3, -0.25) is 4.79 Å². The van der Waals surface area contributed by atoms with Gasteiger partial charge < -0.3 is 18.0 Å². The lowest BCUT2D eigenvalue weighted by Gasteiger charge is -2.37. The zero-order valence-electron chi connectivity index (χ0n) is 19.9. The zero-order valence-corrected chi connectivity index (χ0v) is 23.1. The molecule has 11 heteroatoms. The molecule has 0 aliphatic heterocycles. The molecule has 0 fully saturated rings. The fourth-order valence-corrected chi connectivity index (χ4v) is 14.0. The van der Waals surface area contributed by atoms with Gasteiger partial charge in [-0.15, -0.1) is 0 Å². The Balaban J connectivity index is 4.94. The van der Waals surface area contributed by atoms with Crippen LogP contribution in [0.2, 0.25) is 31.7 Å². The smallest absolute Gasteiger partial charge is 0.397 e. The number of alkyl halides is 3. The van der Waals surface area contributed by atoms with Crippen LogP contribution in [0, 0.1) is 5.92 Å². The molecule has 0 bridgehead atoms. The van der Waals surface area contributed by atoms with Crippen LogP contribution in [0.25, 0.3) is 0 Å². The molecule has 2 atom stereocenters. The second-order valence-electron chi connectivity index (χ2n) is 9.36. The first-order valence-electron chi connectivity index (χ1n) is 10.9. The second kappa shape index (κ2) is 13.4. The number of hydrogen-bond donors (Lipinski definition) is 1. The minimum Gasteiger partial charge on any atom is -0.439 e. The summed E-state index contributed by atoms with van der Waals surface area (Å²) in [6.45, 7) is 16.9. The Bertz CT molecular complexity index is 508. The number of hydrogen-bond acceptors (Lipinski definition) is 4. The van der Waals surface area contributed by atoms with Gasteiger partial charge >= 0.3 is 23.3 Å². The highest BCUT2D eigenvalue weighted by Gasteiger charge is 2.42. The lowest BCUT2D eigenvalue weighted by molar-refractivity contribution is -0.153. The minimum absolute atomic E-state index is 0.0225. The van der Waals surface area contributed by atoms with Gasteiger partial charge in [0, 0.05) is 6.61 Å². The summed E-state index contributed by atoms with van der Waals surface area (Å²) in [5.74, 6) is -0.399. The van der Waals surface area contributed by atoms with E-state index in [0.29, 0.717) is 18.1 Å². The van der Waals surface area contributed by atoms with E-state index in [0.717, 1.165) is 25.7 Å². The van der Waals surface area contributed by atoms with Crippen molar-refractivity contribution >= 4 is 32.1 Å². The van der Waals surface area contributed by atoms with Crippen molar-refractivity contribution in [1.82, 2.24) is 5.32 Å². The molecule has 0 aromatic rings. The molecule has 0 radical (unpaired) electrons. The van der Waals surface area contributed by atoms with E-state index in [9.17, 15) is 18.0 Å². The van der Waals surface area contributed by atoms with Crippen molar-refractivity contribution in [3.63, 3.8) is 0 Å². The highest BCUT2D eigenvalue weighted by molar-refractivity contribution is 6.82. The van der Waals surface area contributed by atoms with E-state index in [2.05, 4.69) is 39.6 Å². The molecular formula is C19H42F3NO4Si3. The summed E-state index contributed by atoms with van der Waals surface area (Å²) < 4.78 is 56.1. The van der Waals surface area contributed by atoms with Crippen molar-refractivity contribution in [2.45, 2.75) is 97.7 Å². The molecule has 2 unspecified atom stereocenters. The Morgan fingerprint density at radius 1 is 1.07 bits per heavy atom. The summed E-state index contributed by atoms with van der Waals surface area (Å²) in [7, 11) is -6.94. The van der Waals surface area contributed by atoms with E-state index in [1.165, 1.54) is 0 Å². The molecule has 0 rings (SSSR count). The van der Waals surface area contributed by atoms with Gasteiger partial charge in [0.2, 0.25) is 5.91 Å². The van der Waals surface area contributed by atoms with Gasteiger partial charge in [0.15, 0.2) is 9.04 Å². The Kier molecular flexibility index (Phi) is 13.3.